The lowest BCUT2D eigenvalue weighted by molar-refractivity contribution is -0.0477. The lowest BCUT2D eigenvalue weighted by Crippen LogP contribution is -2.65. The van der Waals surface area contributed by atoms with Gasteiger partial charge in [-0.05, 0) is 51.9 Å². The lowest BCUT2D eigenvalue weighted by atomic mass is 9.92. The normalized spacial score (nSPS) is 37.4. The fraction of sp³-hybridized carbons (Fsp3) is 0.944. The largest absolute Gasteiger partial charge is 0.375 e. The van der Waals surface area contributed by atoms with Gasteiger partial charge in [-0.25, -0.2) is 4.79 Å². The van der Waals surface area contributed by atoms with Crippen molar-refractivity contribution in [1.82, 2.24) is 21.3 Å². The van der Waals surface area contributed by atoms with Gasteiger partial charge < -0.3 is 15.4 Å². The smallest absolute Gasteiger partial charge is 0.317 e. The monoisotopic (exact) mass is 372 g/mol. The van der Waals surface area contributed by atoms with Gasteiger partial charge in [0, 0.05) is 12.1 Å². The number of nitrogens with one attached hydrogen (secondary N) is 4. The molecule has 0 spiro atoms. The van der Waals surface area contributed by atoms with Crippen molar-refractivity contribution in [2.45, 2.75) is 107 Å². The zero-order chi connectivity index (χ0) is 17.6. The number of rotatable bonds is 4. The zero-order valence-electron chi connectivity index (χ0n) is 15.2. The highest BCUT2D eigenvalue weighted by Crippen LogP contribution is 2.27. The number of hydrogen-bond donors (Lipinski definition) is 4. The highest BCUT2D eigenvalue weighted by Gasteiger charge is 2.28. The predicted octanol–water partition coefficient (Wildman–Crippen LogP) is 2.77. The van der Waals surface area contributed by atoms with E-state index in [9.17, 15) is 4.79 Å². The Balaban J connectivity index is 1.33. The lowest BCUT2D eigenvalue weighted by Gasteiger charge is -2.35. The van der Waals surface area contributed by atoms with Crippen molar-refractivity contribution in [3.8, 4) is 0 Å². The molecule has 0 aromatic rings. The Morgan fingerprint density at radius 2 is 1.64 bits per heavy atom. The summed E-state index contributed by atoms with van der Waals surface area (Å²) in [6, 6.07) is 0.375. The van der Waals surface area contributed by atoms with Crippen molar-refractivity contribution in [2.75, 3.05) is 0 Å². The van der Waals surface area contributed by atoms with E-state index >= 15 is 0 Å². The van der Waals surface area contributed by atoms with E-state index in [4.69, 9.17) is 16.3 Å². The number of urea groups is 1. The van der Waals surface area contributed by atoms with Crippen LogP contribution in [0.2, 0.25) is 0 Å². The Hall–Kier alpha value is -0.560. The number of amides is 2. The van der Waals surface area contributed by atoms with Crippen LogP contribution >= 0.6 is 11.6 Å². The number of ether oxygens (including phenoxy) is 1. The maximum Gasteiger partial charge on any atom is 0.317 e. The van der Waals surface area contributed by atoms with Crippen LogP contribution in [-0.4, -0.2) is 42.1 Å². The van der Waals surface area contributed by atoms with Gasteiger partial charge in [0.1, 0.15) is 6.29 Å². The fourth-order valence-electron chi connectivity index (χ4n) is 4.22. The second kappa shape index (κ2) is 9.40. The Bertz CT molecular complexity index is 415. The number of halogens is 1. The molecular formula is C18H33ClN4O2. The van der Waals surface area contributed by atoms with Crippen molar-refractivity contribution in [2.24, 2.45) is 0 Å². The van der Waals surface area contributed by atoms with E-state index in [1.54, 1.807) is 0 Å². The van der Waals surface area contributed by atoms with E-state index < -0.39 is 0 Å². The summed E-state index contributed by atoms with van der Waals surface area (Å²) in [5.41, 5.74) is -0.117. The van der Waals surface area contributed by atoms with Gasteiger partial charge in [0.05, 0.1) is 17.7 Å². The molecule has 1 aliphatic heterocycles. The summed E-state index contributed by atoms with van der Waals surface area (Å²) in [5, 5.41) is 12.4. The molecule has 4 N–H and O–H groups in total. The standard InChI is InChI=1S/C18H33ClN4O2/c1-12-11-16(19)22-17(20-12)23-18(24)21-13-7-9-15(10-8-13)25-14-5-3-2-4-6-14/h12-17,20,22H,2-11H2,1H3,(H2,21,23,24). The molecule has 3 fully saturated rings. The van der Waals surface area contributed by atoms with E-state index in [1.807, 2.05) is 0 Å². The first-order valence-electron chi connectivity index (χ1n) is 9.97. The zero-order valence-corrected chi connectivity index (χ0v) is 16.0. The average Bonchev–Trinajstić information content (AvgIpc) is 2.56. The molecule has 0 aromatic carbocycles. The molecular weight excluding hydrogens is 340 g/mol. The molecule has 3 aliphatic rings. The number of carbonyl (C=O) groups is 1. The van der Waals surface area contributed by atoms with Gasteiger partial charge in [0.25, 0.3) is 0 Å². The summed E-state index contributed by atoms with van der Waals surface area (Å²) in [4.78, 5) is 12.2. The van der Waals surface area contributed by atoms with Crippen LogP contribution in [0.25, 0.3) is 0 Å². The van der Waals surface area contributed by atoms with E-state index in [0.717, 1.165) is 32.1 Å². The minimum absolute atomic E-state index is 0.117. The van der Waals surface area contributed by atoms with Crippen molar-refractivity contribution in [1.29, 1.82) is 0 Å². The van der Waals surface area contributed by atoms with Gasteiger partial charge in [0.15, 0.2) is 0 Å². The summed E-state index contributed by atoms with van der Waals surface area (Å²) >= 11 is 6.14. The molecule has 7 heteroatoms. The van der Waals surface area contributed by atoms with Gasteiger partial charge in [0.2, 0.25) is 0 Å². The van der Waals surface area contributed by atoms with Gasteiger partial charge in [-0.2, -0.15) is 0 Å². The van der Waals surface area contributed by atoms with Gasteiger partial charge >= 0.3 is 6.03 Å². The summed E-state index contributed by atoms with van der Waals surface area (Å²) < 4.78 is 6.27. The molecule has 3 rings (SSSR count). The van der Waals surface area contributed by atoms with Crippen molar-refractivity contribution in [3.05, 3.63) is 0 Å². The molecule has 1 heterocycles. The molecule has 0 radical (unpaired) electrons. The molecule has 1 saturated heterocycles. The van der Waals surface area contributed by atoms with Crippen LogP contribution in [0.15, 0.2) is 0 Å². The van der Waals surface area contributed by atoms with Crippen LogP contribution in [0.4, 0.5) is 4.79 Å². The van der Waals surface area contributed by atoms with E-state index in [1.165, 1.54) is 32.1 Å². The van der Waals surface area contributed by atoms with Gasteiger partial charge in [-0.3, -0.25) is 10.6 Å². The summed E-state index contributed by atoms with van der Waals surface area (Å²) in [6.07, 6.45) is 11.9. The quantitative estimate of drug-likeness (QED) is 0.452. The summed E-state index contributed by atoms with van der Waals surface area (Å²) in [7, 11) is 0. The third-order valence-corrected chi connectivity index (χ3v) is 5.89. The maximum atomic E-state index is 12.2. The molecule has 144 valence electrons. The van der Waals surface area contributed by atoms with E-state index in [0.29, 0.717) is 12.2 Å². The third-order valence-electron chi connectivity index (χ3n) is 5.58. The topological polar surface area (TPSA) is 74.4 Å². The molecule has 2 amide bonds. The minimum Gasteiger partial charge on any atom is -0.375 e. The molecule has 6 nitrogen and oxygen atoms in total. The SMILES string of the molecule is CC1CC(Cl)NC(NC(=O)NC2CCC(OC3CCCCC3)CC2)N1. The Kier molecular flexibility index (Phi) is 7.22. The number of alkyl halides is 1. The summed E-state index contributed by atoms with van der Waals surface area (Å²) in [6.45, 7) is 2.07. The highest BCUT2D eigenvalue weighted by atomic mass is 35.5. The van der Waals surface area contributed by atoms with Crippen LogP contribution in [0, 0.1) is 0 Å². The van der Waals surface area contributed by atoms with Crippen molar-refractivity contribution >= 4 is 17.6 Å². The van der Waals surface area contributed by atoms with Crippen LogP contribution < -0.4 is 21.3 Å². The molecule has 3 unspecified atom stereocenters. The molecule has 25 heavy (non-hydrogen) atoms. The van der Waals surface area contributed by atoms with Crippen molar-refractivity contribution < 1.29 is 9.53 Å². The first-order valence-corrected chi connectivity index (χ1v) is 10.4. The highest BCUT2D eigenvalue weighted by molar-refractivity contribution is 6.20. The molecule has 2 saturated carbocycles. The van der Waals surface area contributed by atoms with E-state index in [-0.39, 0.29) is 29.9 Å². The third kappa shape index (κ3) is 6.27. The summed E-state index contributed by atoms with van der Waals surface area (Å²) in [5.74, 6) is 0. The second-order valence-corrected chi connectivity index (χ2v) is 8.38. The predicted molar refractivity (Wildman–Crippen MR) is 99.4 cm³/mol. The number of hydrogen-bond acceptors (Lipinski definition) is 4. The van der Waals surface area contributed by atoms with Crippen LogP contribution in [0.5, 0.6) is 0 Å². The van der Waals surface area contributed by atoms with Gasteiger partial charge in [-0.15, -0.1) is 11.6 Å². The first-order chi connectivity index (χ1) is 12.1. The van der Waals surface area contributed by atoms with Crippen LogP contribution in [0.3, 0.4) is 0 Å². The molecule has 0 bridgehead atoms. The van der Waals surface area contributed by atoms with Crippen molar-refractivity contribution in [3.63, 3.8) is 0 Å². The molecule has 3 atom stereocenters. The van der Waals surface area contributed by atoms with Crippen LogP contribution in [-0.2, 0) is 4.74 Å². The minimum atomic E-state index is -0.280. The Labute approximate surface area is 156 Å². The van der Waals surface area contributed by atoms with Crippen LogP contribution in [0.1, 0.15) is 71.1 Å². The maximum absolute atomic E-state index is 12.2. The van der Waals surface area contributed by atoms with E-state index in [2.05, 4.69) is 28.2 Å². The Morgan fingerprint density at radius 3 is 2.32 bits per heavy atom. The first kappa shape index (κ1) is 19.2. The second-order valence-electron chi connectivity index (χ2n) is 7.86. The average molecular weight is 373 g/mol. The molecule has 2 aliphatic carbocycles. The number of carbonyl (C=O) groups excluding carboxylic acids is 1. The molecule has 0 aromatic heterocycles. The Morgan fingerprint density at radius 1 is 0.960 bits per heavy atom. The fourth-order valence-corrected chi connectivity index (χ4v) is 4.61. The van der Waals surface area contributed by atoms with Gasteiger partial charge in [-0.1, -0.05) is 19.3 Å².